The number of carbonyl (C=O) groups excluding carboxylic acids is 1. The number of hydrogen-bond acceptors (Lipinski definition) is 3. The lowest BCUT2D eigenvalue weighted by Gasteiger charge is -2.55. The molecule has 0 radical (unpaired) electrons. The molecule has 0 aromatic heterocycles. The van der Waals surface area contributed by atoms with Gasteiger partial charge >= 0.3 is 0 Å². The first-order valence-electron chi connectivity index (χ1n) is 12.5. The van der Waals surface area contributed by atoms with E-state index >= 15 is 0 Å². The number of rotatable bonds is 6. The van der Waals surface area contributed by atoms with Crippen LogP contribution in [0, 0.1) is 21.4 Å². The number of hydrogen-bond donors (Lipinski definition) is 1. The number of nitro benzene ring substituents is 1. The van der Waals surface area contributed by atoms with Crippen LogP contribution in [0.3, 0.4) is 0 Å². The Morgan fingerprint density at radius 1 is 1.18 bits per heavy atom. The van der Waals surface area contributed by atoms with Crippen molar-refractivity contribution in [1.29, 1.82) is 0 Å². The Labute approximate surface area is 202 Å². The van der Waals surface area contributed by atoms with Crippen LogP contribution < -0.4 is 5.32 Å². The number of amides is 1. The summed E-state index contributed by atoms with van der Waals surface area (Å²) in [6.07, 6.45) is 9.00. The topological polar surface area (TPSA) is 72.2 Å². The van der Waals surface area contributed by atoms with Crippen molar-refractivity contribution in [3.63, 3.8) is 0 Å². The molecule has 0 heterocycles. The van der Waals surface area contributed by atoms with Gasteiger partial charge in [-0.25, -0.2) is 0 Å². The van der Waals surface area contributed by atoms with Gasteiger partial charge in [-0.15, -0.1) is 0 Å². The van der Waals surface area contributed by atoms with E-state index in [1.54, 1.807) is 18.2 Å². The van der Waals surface area contributed by atoms with Crippen molar-refractivity contribution >= 4 is 17.7 Å². The van der Waals surface area contributed by atoms with E-state index in [2.05, 4.69) is 51.2 Å². The normalized spacial score (nSPS) is 26.2. The fraction of sp³-hybridized carbons (Fsp3) is 0.483. The molecule has 2 aromatic carbocycles. The van der Waals surface area contributed by atoms with E-state index < -0.39 is 4.92 Å². The van der Waals surface area contributed by atoms with E-state index in [4.69, 9.17) is 0 Å². The van der Waals surface area contributed by atoms with Gasteiger partial charge < -0.3 is 5.32 Å². The molecule has 180 valence electrons. The molecule has 1 N–H and O–H groups in total. The Morgan fingerprint density at radius 3 is 2.59 bits per heavy atom. The van der Waals surface area contributed by atoms with Crippen molar-refractivity contribution in [3.05, 3.63) is 80.9 Å². The molecule has 0 bridgehead atoms. The molecular weight excluding hydrogens is 424 g/mol. The lowest BCUT2D eigenvalue weighted by molar-refractivity contribution is -0.384. The number of nitrogens with one attached hydrogen (secondary N) is 1. The van der Waals surface area contributed by atoms with Crippen molar-refractivity contribution in [2.24, 2.45) is 11.3 Å². The van der Waals surface area contributed by atoms with Gasteiger partial charge in [0.15, 0.2) is 0 Å². The van der Waals surface area contributed by atoms with Gasteiger partial charge in [0.05, 0.1) is 4.92 Å². The Bertz CT molecular complexity index is 1100. The van der Waals surface area contributed by atoms with Crippen molar-refractivity contribution in [2.45, 2.75) is 71.1 Å². The first kappa shape index (κ1) is 24.2. The van der Waals surface area contributed by atoms with Crippen molar-refractivity contribution < 1.29 is 9.72 Å². The van der Waals surface area contributed by atoms with Crippen LogP contribution in [0.25, 0.3) is 6.08 Å². The molecule has 0 spiro atoms. The molecule has 2 aromatic rings. The summed E-state index contributed by atoms with van der Waals surface area (Å²) >= 11 is 0. The van der Waals surface area contributed by atoms with Gasteiger partial charge in [-0.2, -0.15) is 0 Å². The fourth-order valence-electron chi connectivity index (χ4n) is 6.44. The first-order chi connectivity index (χ1) is 16.1. The third-order valence-electron chi connectivity index (χ3n) is 8.37. The highest BCUT2D eigenvalue weighted by molar-refractivity contribution is 5.91. The van der Waals surface area contributed by atoms with Crippen molar-refractivity contribution in [2.75, 3.05) is 6.54 Å². The summed E-state index contributed by atoms with van der Waals surface area (Å²) in [5.74, 6) is 0.955. The SMILES string of the molecule is CC(C)c1ccc2c(c1)CC[C@H]1[C@](C)(CNC(=O)/C=C/c3ccc([N+](=O)[O-])cc3)CCC[C@]21C. The average molecular weight is 461 g/mol. The second-order valence-corrected chi connectivity index (χ2v) is 11.0. The number of benzene rings is 2. The molecule has 34 heavy (non-hydrogen) atoms. The maximum Gasteiger partial charge on any atom is 0.269 e. The molecule has 5 heteroatoms. The molecule has 1 fully saturated rings. The average Bonchev–Trinajstić information content (AvgIpc) is 2.81. The highest BCUT2D eigenvalue weighted by Gasteiger charge is 2.51. The van der Waals surface area contributed by atoms with E-state index in [1.807, 2.05) is 0 Å². The monoisotopic (exact) mass is 460 g/mol. The smallest absolute Gasteiger partial charge is 0.269 e. The van der Waals surface area contributed by atoms with Crippen LogP contribution in [0.4, 0.5) is 5.69 Å². The van der Waals surface area contributed by atoms with Crippen LogP contribution in [0.2, 0.25) is 0 Å². The molecule has 4 rings (SSSR count). The Kier molecular flexibility index (Phi) is 6.66. The van der Waals surface area contributed by atoms with Crippen LogP contribution in [0.15, 0.2) is 48.5 Å². The van der Waals surface area contributed by atoms with Gasteiger partial charge in [0.25, 0.3) is 5.69 Å². The predicted octanol–water partition coefficient (Wildman–Crippen LogP) is 6.56. The molecule has 2 aliphatic rings. The number of nitro groups is 1. The predicted molar refractivity (Wildman–Crippen MR) is 137 cm³/mol. The largest absolute Gasteiger partial charge is 0.352 e. The molecular formula is C29H36N2O3. The number of aryl methyl sites for hydroxylation is 1. The summed E-state index contributed by atoms with van der Waals surface area (Å²) in [4.78, 5) is 23.0. The molecule has 1 amide bonds. The summed E-state index contributed by atoms with van der Waals surface area (Å²) in [6, 6.07) is 13.3. The van der Waals surface area contributed by atoms with Gasteiger partial charge in [0, 0.05) is 24.8 Å². The van der Waals surface area contributed by atoms with Crippen molar-refractivity contribution in [1.82, 2.24) is 5.32 Å². The van der Waals surface area contributed by atoms with Crippen molar-refractivity contribution in [3.8, 4) is 0 Å². The minimum Gasteiger partial charge on any atom is -0.352 e. The summed E-state index contributed by atoms with van der Waals surface area (Å²) in [6.45, 7) is 9.97. The quantitative estimate of drug-likeness (QED) is 0.301. The van der Waals surface area contributed by atoms with Crippen LogP contribution in [-0.2, 0) is 16.6 Å². The zero-order valence-electron chi connectivity index (χ0n) is 20.8. The summed E-state index contributed by atoms with van der Waals surface area (Å²) in [7, 11) is 0. The minimum atomic E-state index is -0.425. The summed E-state index contributed by atoms with van der Waals surface area (Å²) < 4.78 is 0. The second-order valence-electron chi connectivity index (χ2n) is 11.0. The Balaban J connectivity index is 1.45. The molecule has 0 unspecified atom stereocenters. The van der Waals surface area contributed by atoms with E-state index in [1.165, 1.54) is 47.7 Å². The van der Waals surface area contributed by atoms with Gasteiger partial charge in [-0.3, -0.25) is 14.9 Å². The molecule has 0 aliphatic heterocycles. The maximum absolute atomic E-state index is 12.6. The molecule has 0 saturated heterocycles. The minimum absolute atomic E-state index is 0.0457. The third-order valence-corrected chi connectivity index (χ3v) is 8.37. The van der Waals surface area contributed by atoms with Gasteiger partial charge in [0.2, 0.25) is 5.91 Å². The van der Waals surface area contributed by atoms with Gasteiger partial charge in [-0.1, -0.05) is 52.3 Å². The summed E-state index contributed by atoms with van der Waals surface area (Å²) in [5.41, 5.74) is 5.47. The van der Waals surface area contributed by atoms with E-state index in [0.717, 1.165) is 24.8 Å². The van der Waals surface area contributed by atoms with Gasteiger partial charge in [-0.05, 0) is 88.8 Å². The Hall–Kier alpha value is -2.95. The zero-order valence-corrected chi connectivity index (χ0v) is 20.8. The second kappa shape index (κ2) is 9.36. The maximum atomic E-state index is 12.6. The van der Waals surface area contributed by atoms with Crippen LogP contribution in [-0.4, -0.2) is 17.4 Å². The molecule has 3 atom stereocenters. The van der Waals surface area contributed by atoms with Crippen LogP contribution >= 0.6 is 0 Å². The van der Waals surface area contributed by atoms with Crippen LogP contribution in [0.5, 0.6) is 0 Å². The van der Waals surface area contributed by atoms with E-state index in [-0.39, 0.29) is 22.4 Å². The van der Waals surface area contributed by atoms with E-state index in [0.29, 0.717) is 18.4 Å². The highest BCUT2D eigenvalue weighted by Crippen LogP contribution is 2.57. The molecule has 2 aliphatic carbocycles. The van der Waals surface area contributed by atoms with E-state index in [9.17, 15) is 14.9 Å². The number of nitrogens with zero attached hydrogens (tertiary/aromatic N) is 1. The number of fused-ring (bicyclic) bond motifs is 3. The number of non-ortho nitro benzene ring substituents is 1. The third kappa shape index (κ3) is 4.66. The first-order valence-corrected chi connectivity index (χ1v) is 12.5. The number of carbonyl (C=O) groups is 1. The van der Waals surface area contributed by atoms with Gasteiger partial charge in [0.1, 0.15) is 0 Å². The molecule has 1 saturated carbocycles. The standard InChI is InChI=1S/C29H36N2O3/c1-20(2)22-9-13-25-23(18-22)10-14-26-28(3,16-5-17-29(25,26)4)19-30-27(32)15-8-21-6-11-24(12-7-21)31(33)34/h6-9,11-13,15,18,20,26H,5,10,14,16-17,19H2,1-4H3,(H,30,32)/b15-8+/t26-,28-,29+/m0/s1. The highest BCUT2D eigenvalue weighted by atomic mass is 16.6. The Morgan fingerprint density at radius 2 is 1.91 bits per heavy atom. The zero-order chi connectivity index (χ0) is 24.5. The summed E-state index contributed by atoms with van der Waals surface area (Å²) in [5, 5.41) is 14.0. The lowest BCUT2D eigenvalue weighted by atomic mass is 9.49. The van der Waals surface area contributed by atoms with Crippen LogP contribution in [0.1, 0.15) is 81.5 Å². The lowest BCUT2D eigenvalue weighted by Crippen LogP contribution is -2.53. The fourth-order valence-corrected chi connectivity index (χ4v) is 6.44. The molecule has 5 nitrogen and oxygen atoms in total.